The minimum atomic E-state index is -0.593. The van der Waals surface area contributed by atoms with Gasteiger partial charge in [0.2, 0.25) is 0 Å². The second kappa shape index (κ2) is 8.51. The predicted octanol–water partition coefficient (Wildman–Crippen LogP) is 3.90. The van der Waals surface area contributed by atoms with Crippen LogP contribution in [0.25, 0.3) is 0 Å². The van der Waals surface area contributed by atoms with Crippen molar-refractivity contribution in [3.05, 3.63) is 48.6 Å². The van der Waals surface area contributed by atoms with E-state index < -0.39 is 29.4 Å². The van der Waals surface area contributed by atoms with Crippen LogP contribution in [0.1, 0.15) is 39.7 Å². The number of carbonyl (C=O) groups is 2. The summed E-state index contributed by atoms with van der Waals surface area (Å²) in [5, 5.41) is 0. The lowest BCUT2D eigenvalue weighted by molar-refractivity contribution is -0.168. The molecule has 0 heterocycles. The fourth-order valence-corrected chi connectivity index (χ4v) is 2.09. The topological polar surface area (TPSA) is 52.6 Å². The Morgan fingerprint density at radius 3 is 2.30 bits per heavy atom. The zero-order valence-corrected chi connectivity index (χ0v) is 14.4. The van der Waals surface area contributed by atoms with Crippen LogP contribution >= 0.6 is 0 Å². The van der Waals surface area contributed by atoms with Gasteiger partial charge in [0.15, 0.2) is 0 Å². The van der Waals surface area contributed by atoms with E-state index in [2.05, 4.69) is 6.58 Å². The minimum Gasteiger partial charge on any atom is -0.461 e. The Morgan fingerprint density at radius 1 is 1.17 bits per heavy atom. The minimum absolute atomic E-state index is 0.194. The summed E-state index contributed by atoms with van der Waals surface area (Å²) in [6, 6.07) is 9.43. The molecule has 1 aromatic rings. The molecule has 126 valence electrons. The van der Waals surface area contributed by atoms with Crippen molar-refractivity contribution >= 4 is 11.9 Å². The molecule has 0 aliphatic rings. The Kier molecular flexibility index (Phi) is 7.01. The van der Waals surface area contributed by atoms with Crippen molar-refractivity contribution < 1.29 is 19.1 Å². The first kappa shape index (κ1) is 18.9. The highest BCUT2D eigenvalue weighted by Gasteiger charge is 2.33. The monoisotopic (exact) mass is 318 g/mol. The summed E-state index contributed by atoms with van der Waals surface area (Å²) in [5.74, 6) is -1.99. The largest absolute Gasteiger partial charge is 0.461 e. The first-order valence-corrected chi connectivity index (χ1v) is 7.79. The van der Waals surface area contributed by atoms with Crippen LogP contribution < -0.4 is 0 Å². The molecular formula is C19H26O4. The average molecular weight is 318 g/mol. The van der Waals surface area contributed by atoms with Crippen LogP contribution in [0.4, 0.5) is 0 Å². The standard InChI is InChI=1S/C19H26O4/c1-6-10-16(18(21)23-19(3,4)5)14(2)17(20)22-13-15-11-8-7-9-12-15/h6-9,11-12,14,16H,1,10,13H2,2-5H3/t14-,16-/m0/s1. The van der Waals surface area contributed by atoms with Gasteiger partial charge in [-0.25, -0.2) is 0 Å². The lowest BCUT2D eigenvalue weighted by atomic mass is 9.90. The quantitative estimate of drug-likeness (QED) is 0.565. The number of carbonyl (C=O) groups excluding carboxylic acids is 2. The van der Waals surface area contributed by atoms with Gasteiger partial charge in [0.25, 0.3) is 0 Å². The number of hydrogen-bond acceptors (Lipinski definition) is 4. The van der Waals surface area contributed by atoms with Crippen molar-refractivity contribution in [1.29, 1.82) is 0 Å². The number of benzene rings is 1. The Hall–Kier alpha value is -2.10. The van der Waals surface area contributed by atoms with Crippen LogP contribution in [0.15, 0.2) is 43.0 Å². The van der Waals surface area contributed by atoms with Gasteiger partial charge in [-0.2, -0.15) is 0 Å². The van der Waals surface area contributed by atoms with Crippen LogP contribution in [0.3, 0.4) is 0 Å². The van der Waals surface area contributed by atoms with E-state index in [0.29, 0.717) is 6.42 Å². The Balaban J connectivity index is 2.68. The molecule has 0 spiro atoms. The molecule has 1 aromatic carbocycles. The summed E-state index contributed by atoms with van der Waals surface area (Å²) >= 11 is 0. The molecule has 0 amide bonds. The molecule has 0 bridgehead atoms. The van der Waals surface area contributed by atoms with E-state index in [4.69, 9.17) is 9.47 Å². The molecular weight excluding hydrogens is 292 g/mol. The van der Waals surface area contributed by atoms with E-state index in [0.717, 1.165) is 5.56 Å². The normalized spacial score (nSPS) is 13.7. The van der Waals surface area contributed by atoms with Crippen LogP contribution in [0.5, 0.6) is 0 Å². The van der Waals surface area contributed by atoms with Gasteiger partial charge in [0, 0.05) is 0 Å². The molecule has 0 saturated heterocycles. The third-order valence-corrected chi connectivity index (χ3v) is 3.33. The number of hydrogen-bond donors (Lipinski definition) is 0. The van der Waals surface area contributed by atoms with E-state index in [-0.39, 0.29) is 6.61 Å². The highest BCUT2D eigenvalue weighted by atomic mass is 16.6. The molecule has 0 radical (unpaired) electrons. The molecule has 0 unspecified atom stereocenters. The third kappa shape index (κ3) is 6.68. The van der Waals surface area contributed by atoms with Crippen molar-refractivity contribution in [2.24, 2.45) is 11.8 Å². The predicted molar refractivity (Wildman–Crippen MR) is 89.6 cm³/mol. The number of rotatable bonds is 7. The summed E-state index contributed by atoms with van der Waals surface area (Å²) in [6.07, 6.45) is 1.99. The Bertz CT molecular complexity index is 528. The number of esters is 2. The van der Waals surface area contributed by atoms with Gasteiger partial charge in [-0.15, -0.1) is 6.58 Å². The average Bonchev–Trinajstić information content (AvgIpc) is 2.48. The molecule has 0 aliphatic carbocycles. The van der Waals surface area contributed by atoms with Crippen LogP contribution in [-0.4, -0.2) is 17.5 Å². The van der Waals surface area contributed by atoms with E-state index in [1.54, 1.807) is 33.8 Å². The molecule has 4 heteroatoms. The van der Waals surface area contributed by atoms with Gasteiger partial charge in [0.1, 0.15) is 12.2 Å². The molecule has 23 heavy (non-hydrogen) atoms. The Morgan fingerprint density at radius 2 is 1.78 bits per heavy atom. The molecule has 0 N–H and O–H groups in total. The summed E-state index contributed by atoms with van der Waals surface area (Å²) in [5.41, 5.74) is 0.315. The van der Waals surface area contributed by atoms with E-state index in [1.807, 2.05) is 30.3 Å². The fourth-order valence-electron chi connectivity index (χ4n) is 2.09. The second-order valence-corrected chi connectivity index (χ2v) is 6.55. The fraction of sp³-hybridized carbons (Fsp3) is 0.474. The first-order chi connectivity index (χ1) is 10.7. The highest BCUT2D eigenvalue weighted by Crippen LogP contribution is 2.23. The van der Waals surface area contributed by atoms with Gasteiger partial charge in [0.05, 0.1) is 11.8 Å². The zero-order valence-electron chi connectivity index (χ0n) is 14.4. The van der Waals surface area contributed by atoms with E-state index in [1.165, 1.54) is 0 Å². The molecule has 0 saturated carbocycles. The van der Waals surface area contributed by atoms with Gasteiger partial charge in [-0.3, -0.25) is 9.59 Å². The third-order valence-electron chi connectivity index (χ3n) is 3.33. The smallest absolute Gasteiger partial charge is 0.310 e. The van der Waals surface area contributed by atoms with E-state index in [9.17, 15) is 9.59 Å². The SMILES string of the molecule is C=CC[C@H](C(=O)OC(C)(C)C)[C@H](C)C(=O)OCc1ccccc1. The Labute approximate surface area is 138 Å². The molecule has 1 rings (SSSR count). The van der Waals surface area contributed by atoms with Gasteiger partial charge < -0.3 is 9.47 Å². The molecule has 0 fully saturated rings. The number of allylic oxidation sites excluding steroid dienone is 1. The van der Waals surface area contributed by atoms with E-state index >= 15 is 0 Å². The summed E-state index contributed by atoms with van der Waals surface area (Å²) in [6.45, 7) is 10.9. The molecule has 0 aliphatic heterocycles. The van der Waals surface area contributed by atoms with Gasteiger partial charge in [-0.05, 0) is 32.8 Å². The molecule has 2 atom stereocenters. The van der Waals surface area contributed by atoms with Crippen LogP contribution in [0.2, 0.25) is 0 Å². The van der Waals surface area contributed by atoms with Gasteiger partial charge in [-0.1, -0.05) is 43.3 Å². The summed E-state index contributed by atoms with van der Waals surface area (Å²) in [7, 11) is 0. The van der Waals surface area contributed by atoms with Crippen molar-refractivity contribution in [2.75, 3.05) is 0 Å². The lowest BCUT2D eigenvalue weighted by Gasteiger charge is -2.26. The molecule has 0 aromatic heterocycles. The first-order valence-electron chi connectivity index (χ1n) is 7.79. The maximum absolute atomic E-state index is 12.3. The van der Waals surface area contributed by atoms with Crippen molar-refractivity contribution in [1.82, 2.24) is 0 Å². The van der Waals surface area contributed by atoms with Crippen molar-refractivity contribution in [2.45, 2.75) is 46.3 Å². The van der Waals surface area contributed by atoms with Crippen LogP contribution in [-0.2, 0) is 25.7 Å². The van der Waals surface area contributed by atoms with Crippen molar-refractivity contribution in [3.63, 3.8) is 0 Å². The summed E-state index contributed by atoms with van der Waals surface area (Å²) < 4.78 is 10.7. The van der Waals surface area contributed by atoms with Crippen LogP contribution in [0, 0.1) is 11.8 Å². The summed E-state index contributed by atoms with van der Waals surface area (Å²) in [4.78, 5) is 24.5. The highest BCUT2D eigenvalue weighted by molar-refractivity contribution is 5.82. The maximum atomic E-state index is 12.3. The zero-order chi connectivity index (χ0) is 17.5. The lowest BCUT2D eigenvalue weighted by Crippen LogP contribution is -2.34. The number of ether oxygens (including phenoxy) is 2. The maximum Gasteiger partial charge on any atom is 0.310 e. The van der Waals surface area contributed by atoms with Gasteiger partial charge >= 0.3 is 11.9 Å². The second-order valence-electron chi connectivity index (χ2n) is 6.55. The molecule has 4 nitrogen and oxygen atoms in total. The van der Waals surface area contributed by atoms with Crippen molar-refractivity contribution in [3.8, 4) is 0 Å².